The summed E-state index contributed by atoms with van der Waals surface area (Å²) in [5.41, 5.74) is 1.43. The van der Waals surface area contributed by atoms with Crippen LogP contribution in [0.5, 0.6) is 0 Å². The standard InChI is InChI=1S/C17H28N2/c1-3-18-17(16-7-5-4-6-8-16)11-14-19-12-9-15(2)10-13-19/h4-8,15,17-18H,3,9-14H2,1-2H3. The van der Waals surface area contributed by atoms with Crippen LogP contribution < -0.4 is 5.32 Å². The highest BCUT2D eigenvalue weighted by Crippen LogP contribution is 2.20. The molecule has 0 spiro atoms. The highest BCUT2D eigenvalue weighted by molar-refractivity contribution is 5.18. The molecule has 19 heavy (non-hydrogen) atoms. The minimum absolute atomic E-state index is 0.505. The number of hydrogen-bond donors (Lipinski definition) is 1. The highest BCUT2D eigenvalue weighted by Gasteiger charge is 2.17. The van der Waals surface area contributed by atoms with Crippen molar-refractivity contribution in [2.24, 2.45) is 5.92 Å². The van der Waals surface area contributed by atoms with Crippen LogP contribution >= 0.6 is 0 Å². The third-order valence-corrected chi connectivity index (χ3v) is 4.26. The average Bonchev–Trinajstić information content (AvgIpc) is 2.46. The van der Waals surface area contributed by atoms with Crippen LogP contribution in [0.25, 0.3) is 0 Å². The molecule has 1 fully saturated rings. The van der Waals surface area contributed by atoms with Gasteiger partial charge in [0.15, 0.2) is 0 Å². The normalized spacial score (nSPS) is 19.5. The fourth-order valence-corrected chi connectivity index (χ4v) is 2.92. The summed E-state index contributed by atoms with van der Waals surface area (Å²) in [6.07, 6.45) is 3.96. The molecule has 0 radical (unpaired) electrons. The second kappa shape index (κ2) is 7.66. The van der Waals surface area contributed by atoms with Gasteiger partial charge in [-0.05, 0) is 56.9 Å². The van der Waals surface area contributed by atoms with E-state index in [2.05, 4.69) is 54.4 Å². The quantitative estimate of drug-likeness (QED) is 0.842. The summed E-state index contributed by atoms with van der Waals surface area (Å²) >= 11 is 0. The Kier molecular flexibility index (Phi) is 5.87. The minimum atomic E-state index is 0.505. The Bertz CT molecular complexity index is 342. The van der Waals surface area contributed by atoms with Crippen LogP contribution in [0, 0.1) is 5.92 Å². The third kappa shape index (κ3) is 4.63. The van der Waals surface area contributed by atoms with E-state index in [0.29, 0.717) is 6.04 Å². The second-order valence-electron chi connectivity index (χ2n) is 5.83. The van der Waals surface area contributed by atoms with Crippen LogP contribution in [0.15, 0.2) is 30.3 Å². The topological polar surface area (TPSA) is 15.3 Å². The van der Waals surface area contributed by atoms with Crippen molar-refractivity contribution in [2.75, 3.05) is 26.2 Å². The van der Waals surface area contributed by atoms with Gasteiger partial charge in [-0.1, -0.05) is 44.2 Å². The molecule has 0 bridgehead atoms. The number of nitrogens with zero attached hydrogens (tertiary/aromatic N) is 1. The van der Waals surface area contributed by atoms with E-state index >= 15 is 0 Å². The van der Waals surface area contributed by atoms with E-state index in [1.807, 2.05) is 0 Å². The second-order valence-corrected chi connectivity index (χ2v) is 5.83. The van der Waals surface area contributed by atoms with E-state index in [-0.39, 0.29) is 0 Å². The molecule has 1 N–H and O–H groups in total. The van der Waals surface area contributed by atoms with E-state index in [4.69, 9.17) is 0 Å². The summed E-state index contributed by atoms with van der Waals surface area (Å²) in [4.78, 5) is 2.63. The maximum absolute atomic E-state index is 3.62. The molecule has 0 amide bonds. The van der Waals surface area contributed by atoms with Gasteiger partial charge in [0.1, 0.15) is 0 Å². The number of benzene rings is 1. The molecule has 1 aliphatic heterocycles. The van der Waals surface area contributed by atoms with Crippen molar-refractivity contribution in [2.45, 2.75) is 39.2 Å². The van der Waals surface area contributed by atoms with Gasteiger partial charge in [0, 0.05) is 6.04 Å². The first kappa shape index (κ1) is 14.5. The molecule has 1 aliphatic rings. The lowest BCUT2D eigenvalue weighted by Crippen LogP contribution is -2.35. The van der Waals surface area contributed by atoms with E-state index in [1.54, 1.807) is 0 Å². The Morgan fingerprint density at radius 2 is 1.89 bits per heavy atom. The highest BCUT2D eigenvalue weighted by atomic mass is 15.1. The molecule has 1 atom stereocenters. The first-order valence-corrected chi connectivity index (χ1v) is 7.80. The summed E-state index contributed by atoms with van der Waals surface area (Å²) < 4.78 is 0. The molecule has 2 heteroatoms. The van der Waals surface area contributed by atoms with Gasteiger partial charge in [-0.2, -0.15) is 0 Å². The molecule has 0 saturated carbocycles. The van der Waals surface area contributed by atoms with Crippen molar-refractivity contribution < 1.29 is 0 Å². The van der Waals surface area contributed by atoms with E-state index in [0.717, 1.165) is 12.5 Å². The van der Waals surface area contributed by atoms with Gasteiger partial charge in [0.2, 0.25) is 0 Å². The molecule has 2 nitrogen and oxygen atoms in total. The molecule has 1 aromatic rings. The fraction of sp³-hybridized carbons (Fsp3) is 0.647. The molecule has 1 unspecified atom stereocenters. The van der Waals surface area contributed by atoms with Crippen LogP contribution in [0.1, 0.15) is 44.7 Å². The summed E-state index contributed by atoms with van der Waals surface area (Å²) in [6.45, 7) is 9.40. The molecule has 106 valence electrons. The lowest BCUT2D eigenvalue weighted by Gasteiger charge is -2.31. The summed E-state index contributed by atoms with van der Waals surface area (Å²) in [5.74, 6) is 0.926. The van der Waals surface area contributed by atoms with Crippen molar-refractivity contribution in [3.05, 3.63) is 35.9 Å². The molecule has 1 saturated heterocycles. The molecule has 1 aromatic carbocycles. The van der Waals surface area contributed by atoms with Crippen molar-refractivity contribution >= 4 is 0 Å². The monoisotopic (exact) mass is 260 g/mol. The number of piperidine rings is 1. The number of hydrogen-bond acceptors (Lipinski definition) is 2. The van der Waals surface area contributed by atoms with Crippen LogP contribution in [0.4, 0.5) is 0 Å². The van der Waals surface area contributed by atoms with Gasteiger partial charge in [-0.15, -0.1) is 0 Å². The van der Waals surface area contributed by atoms with Crippen molar-refractivity contribution in [1.29, 1.82) is 0 Å². The maximum Gasteiger partial charge on any atom is 0.0332 e. The third-order valence-electron chi connectivity index (χ3n) is 4.26. The molecule has 0 aliphatic carbocycles. The first-order chi connectivity index (χ1) is 9.29. The van der Waals surface area contributed by atoms with Crippen molar-refractivity contribution in [3.63, 3.8) is 0 Å². The smallest absolute Gasteiger partial charge is 0.0332 e. The van der Waals surface area contributed by atoms with Crippen LogP contribution in [0.2, 0.25) is 0 Å². The summed E-state index contributed by atoms with van der Waals surface area (Å²) in [7, 11) is 0. The van der Waals surface area contributed by atoms with E-state index < -0.39 is 0 Å². The lowest BCUT2D eigenvalue weighted by atomic mass is 9.98. The Hall–Kier alpha value is -0.860. The minimum Gasteiger partial charge on any atom is -0.310 e. The fourth-order valence-electron chi connectivity index (χ4n) is 2.92. The van der Waals surface area contributed by atoms with Crippen molar-refractivity contribution in [1.82, 2.24) is 10.2 Å². The zero-order chi connectivity index (χ0) is 13.5. The van der Waals surface area contributed by atoms with Crippen molar-refractivity contribution in [3.8, 4) is 0 Å². The predicted molar refractivity (Wildman–Crippen MR) is 82.3 cm³/mol. The van der Waals surface area contributed by atoms with E-state index in [9.17, 15) is 0 Å². The van der Waals surface area contributed by atoms with Crippen LogP contribution in [-0.2, 0) is 0 Å². The predicted octanol–water partition coefficient (Wildman–Crippen LogP) is 3.46. The molecular formula is C17H28N2. The molecule has 2 rings (SSSR count). The molecular weight excluding hydrogens is 232 g/mol. The summed E-state index contributed by atoms with van der Waals surface area (Å²) in [6, 6.07) is 11.4. The Morgan fingerprint density at radius 3 is 2.53 bits per heavy atom. The van der Waals surface area contributed by atoms with Gasteiger partial charge in [0.05, 0.1) is 0 Å². The SMILES string of the molecule is CCNC(CCN1CCC(C)CC1)c1ccccc1. The number of nitrogens with one attached hydrogen (secondary N) is 1. The Balaban J connectivity index is 1.84. The number of rotatable bonds is 6. The van der Waals surface area contributed by atoms with Gasteiger partial charge in [-0.25, -0.2) is 0 Å². The van der Waals surface area contributed by atoms with Crippen LogP contribution in [0.3, 0.4) is 0 Å². The Morgan fingerprint density at radius 1 is 1.21 bits per heavy atom. The molecule has 0 aromatic heterocycles. The molecule has 1 heterocycles. The van der Waals surface area contributed by atoms with Gasteiger partial charge in [-0.3, -0.25) is 0 Å². The zero-order valence-corrected chi connectivity index (χ0v) is 12.4. The number of likely N-dealkylation sites (tertiary alicyclic amines) is 1. The lowest BCUT2D eigenvalue weighted by molar-refractivity contribution is 0.184. The average molecular weight is 260 g/mol. The first-order valence-electron chi connectivity index (χ1n) is 7.80. The largest absolute Gasteiger partial charge is 0.310 e. The zero-order valence-electron chi connectivity index (χ0n) is 12.4. The van der Waals surface area contributed by atoms with Gasteiger partial charge < -0.3 is 10.2 Å². The van der Waals surface area contributed by atoms with Gasteiger partial charge in [0.25, 0.3) is 0 Å². The van der Waals surface area contributed by atoms with Crippen LogP contribution in [-0.4, -0.2) is 31.1 Å². The summed E-state index contributed by atoms with van der Waals surface area (Å²) in [5, 5.41) is 3.62. The van der Waals surface area contributed by atoms with E-state index in [1.165, 1.54) is 44.5 Å². The maximum atomic E-state index is 3.62. The Labute approximate surface area is 118 Å². The van der Waals surface area contributed by atoms with Gasteiger partial charge >= 0.3 is 0 Å².